The highest BCUT2D eigenvalue weighted by atomic mass is 35.5. The molecule has 0 aromatic heterocycles. The van der Waals surface area contributed by atoms with E-state index in [1.165, 1.54) is 6.07 Å². The second-order valence-corrected chi connectivity index (χ2v) is 9.65. The quantitative estimate of drug-likeness (QED) is 0.577. The van der Waals surface area contributed by atoms with Crippen molar-refractivity contribution in [3.8, 4) is 5.75 Å². The second kappa shape index (κ2) is 8.76. The summed E-state index contributed by atoms with van der Waals surface area (Å²) in [5.41, 5.74) is 1.45. The van der Waals surface area contributed by atoms with Gasteiger partial charge in [-0.15, -0.1) is 0 Å². The Kier molecular flexibility index (Phi) is 6.54. The molecule has 2 aromatic carbocycles. The van der Waals surface area contributed by atoms with Crippen LogP contribution in [-0.4, -0.2) is 25.3 Å². The summed E-state index contributed by atoms with van der Waals surface area (Å²) in [4.78, 5) is 14.5. The maximum absolute atomic E-state index is 12.7. The fourth-order valence-corrected chi connectivity index (χ4v) is 5.08. The first-order valence-electron chi connectivity index (χ1n) is 9.78. The maximum Gasteiger partial charge on any atom is 0.340 e. The van der Waals surface area contributed by atoms with Crippen LogP contribution in [0.25, 0.3) is 0 Å². The molecular weight excluding hydrogens is 410 g/mol. The lowest BCUT2D eigenvalue weighted by atomic mass is 9.84. The molecule has 3 rings (SSSR count). The number of halogens is 1. The van der Waals surface area contributed by atoms with Gasteiger partial charge in [0.2, 0.25) is 5.91 Å². The Hall–Kier alpha value is -2.05. The number of nitrogens with zero attached hydrogens (tertiary/aromatic N) is 1. The van der Waals surface area contributed by atoms with E-state index in [0.29, 0.717) is 12.1 Å². The Morgan fingerprint density at radius 3 is 2.34 bits per heavy atom. The predicted molar refractivity (Wildman–Crippen MR) is 113 cm³/mol. The normalized spacial score (nSPS) is 14.5. The Morgan fingerprint density at radius 2 is 1.83 bits per heavy atom. The first-order chi connectivity index (χ1) is 13.7. The van der Waals surface area contributed by atoms with E-state index in [9.17, 15) is 13.2 Å². The van der Waals surface area contributed by atoms with Crippen LogP contribution in [0.2, 0.25) is 5.02 Å². The lowest BCUT2D eigenvalue weighted by Crippen LogP contribution is -2.42. The van der Waals surface area contributed by atoms with Gasteiger partial charge in [0, 0.05) is 18.5 Å². The van der Waals surface area contributed by atoms with Crippen LogP contribution in [0.15, 0.2) is 47.4 Å². The van der Waals surface area contributed by atoms with Crippen LogP contribution >= 0.6 is 11.6 Å². The van der Waals surface area contributed by atoms with E-state index in [1.807, 2.05) is 18.7 Å². The lowest BCUT2D eigenvalue weighted by Gasteiger charge is -2.34. The van der Waals surface area contributed by atoms with Crippen molar-refractivity contribution in [3.63, 3.8) is 0 Å². The molecule has 1 amide bonds. The van der Waals surface area contributed by atoms with Gasteiger partial charge in [-0.3, -0.25) is 4.79 Å². The van der Waals surface area contributed by atoms with Crippen LogP contribution < -0.4 is 4.18 Å². The van der Waals surface area contributed by atoms with Crippen LogP contribution in [0.3, 0.4) is 0 Å². The summed E-state index contributed by atoms with van der Waals surface area (Å²) in [6.45, 7) is 6.17. The average molecular weight is 436 g/mol. The molecule has 1 saturated carbocycles. The first kappa shape index (κ1) is 21.7. The molecule has 0 heterocycles. The van der Waals surface area contributed by atoms with Crippen molar-refractivity contribution in [1.29, 1.82) is 0 Å². The molecule has 0 unspecified atom stereocenters. The van der Waals surface area contributed by atoms with Crippen molar-refractivity contribution < 1.29 is 17.4 Å². The summed E-state index contributed by atoms with van der Waals surface area (Å²) < 4.78 is 30.6. The first-order valence-corrected chi connectivity index (χ1v) is 11.6. The molecule has 1 fully saturated rings. The van der Waals surface area contributed by atoms with Gasteiger partial charge in [0.25, 0.3) is 0 Å². The monoisotopic (exact) mass is 435 g/mol. The van der Waals surface area contributed by atoms with E-state index in [-0.39, 0.29) is 33.5 Å². The van der Waals surface area contributed by atoms with E-state index >= 15 is 0 Å². The molecule has 0 saturated heterocycles. The third-order valence-electron chi connectivity index (χ3n) is 5.26. The molecule has 1 aliphatic rings. The van der Waals surface area contributed by atoms with E-state index in [4.69, 9.17) is 15.8 Å². The molecule has 0 spiro atoms. The van der Waals surface area contributed by atoms with Gasteiger partial charge < -0.3 is 9.08 Å². The highest BCUT2D eigenvalue weighted by Crippen LogP contribution is 2.30. The highest BCUT2D eigenvalue weighted by Gasteiger charge is 2.30. The molecule has 5 nitrogen and oxygen atoms in total. The number of hydrogen-bond donors (Lipinski definition) is 0. The molecule has 0 bridgehead atoms. The second-order valence-electron chi connectivity index (χ2n) is 7.75. The van der Waals surface area contributed by atoms with Crippen molar-refractivity contribution in [2.45, 2.75) is 57.5 Å². The zero-order valence-corrected chi connectivity index (χ0v) is 18.5. The van der Waals surface area contributed by atoms with E-state index < -0.39 is 10.1 Å². The fraction of sp³-hybridized carbons (Fsp3) is 0.409. The zero-order valence-electron chi connectivity index (χ0n) is 16.9. The summed E-state index contributed by atoms with van der Waals surface area (Å²) in [6, 6.07) is 11.8. The van der Waals surface area contributed by atoms with Gasteiger partial charge in [-0.2, -0.15) is 8.42 Å². The topological polar surface area (TPSA) is 63.7 Å². The number of amides is 1. The van der Waals surface area contributed by atoms with Crippen molar-refractivity contribution >= 4 is 27.6 Å². The van der Waals surface area contributed by atoms with E-state index in [0.717, 1.165) is 24.8 Å². The number of carbonyl (C=O) groups is 1. The lowest BCUT2D eigenvalue weighted by molar-refractivity contribution is -0.140. The van der Waals surface area contributed by atoms with Crippen LogP contribution in [0, 0.1) is 12.8 Å². The smallest absolute Gasteiger partial charge is 0.340 e. The summed E-state index contributed by atoms with van der Waals surface area (Å²) in [5, 5.41) is 0.128. The molecule has 0 N–H and O–H groups in total. The van der Waals surface area contributed by atoms with Crippen molar-refractivity contribution in [1.82, 2.24) is 4.90 Å². The molecule has 0 atom stereocenters. The molecule has 0 radical (unpaired) electrons. The fourth-order valence-electron chi connectivity index (χ4n) is 3.35. The molecular formula is C22H26ClNO4S. The van der Waals surface area contributed by atoms with Gasteiger partial charge in [-0.25, -0.2) is 0 Å². The Labute approximate surface area is 177 Å². The standard InChI is InChI=1S/C22H26ClNO4S/c1-15(2)24(22(25)18-7-5-8-18)14-17-10-12-19(13-11-17)28-29(26,27)21-16(3)6-4-9-20(21)23/h4,6,9-13,15,18H,5,7-8,14H2,1-3H3. The van der Waals surface area contributed by atoms with E-state index in [2.05, 4.69) is 0 Å². The third-order valence-corrected chi connectivity index (χ3v) is 7.14. The Bertz CT molecular complexity index is 962. The number of carbonyl (C=O) groups excluding carboxylic acids is 1. The summed E-state index contributed by atoms with van der Waals surface area (Å²) in [5.74, 6) is 0.543. The minimum absolute atomic E-state index is 0.0252. The summed E-state index contributed by atoms with van der Waals surface area (Å²) >= 11 is 6.07. The molecule has 0 aliphatic heterocycles. The minimum Gasteiger partial charge on any atom is -0.379 e. The van der Waals surface area contributed by atoms with Crippen molar-refractivity contribution in [2.75, 3.05) is 0 Å². The molecule has 7 heteroatoms. The van der Waals surface area contributed by atoms with Gasteiger partial charge in [-0.05, 0) is 62.9 Å². The molecule has 156 valence electrons. The number of rotatable bonds is 7. The third kappa shape index (κ3) is 4.93. The predicted octanol–water partition coefficient (Wildman–Crippen LogP) is 4.95. The van der Waals surface area contributed by atoms with Gasteiger partial charge >= 0.3 is 10.1 Å². The summed E-state index contributed by atoms with van der Waals surface area (Å²) in [6.07, 6.45) is 3.05. The molecule has 1 aliphatic carbocycles. The van der Waals surface area contributed by atoms with Gasteiger partial charge in [-0.1, -0.05) is 42.3 Å². The van der Waals surface area contributed by atoms with Crippen molar-refractivity contribution in [2.24, 2.45) is 5.92 Å². The van der Waals surface area contributed by atoms with Crippen LogP contribution in [0.4, 0.5) is 0 Å². The van der Waals surface area contributed by atoms with Gasteiger partial charge in [0.1, 0.15) is 10.6 Å². The van der Waals surface area contributed by atoms with Crippen LogP contribution in [0.5, 0.6) is 5.75 Å². The van der Waals surface area contributed by atoms with E-state index in [1.54, 1.807) is 43.3 Å². The van der Waals surface area contributed by atoms with Crippen molar-refractivity contribution in [3.05, 3.63) is 58.6 Å². The van der Waals surface area contributed by atoms with Crippen LogP contribution in [-0.2, 0) is 21.5 Å². The Balaban J connectivity index is 1.73. The highest BCUT2D eigenvalue weighted by molar-refractivity contribution is 7.87. The number of aryl methyl sites for hydroxylation is 1. The largest absolute Gasteiger partial charge is 0.379 e. The Morgan fingerprint density at radius 1 is 1.17 bits per heavy atom. The maximum atomic E-state index is 12.7. The molecule has 29 heavy (non-hydrogen) atoms. The van der Waals surface area contributed by atoms with Crippen LogP contribution in [0.1, 0.15) is 44.2 Å². The SMILES string of the molecule is Cc1cccc(Cl)c1S(=O)(=O)Oc1ccc(CN(C(=O)C2CCC2)C(C)C)cc1. The minimum atomic E-state index is -4.04. The average Bonchev–Trinajstić information content (AvgIpc) is 2.58. The molecule has 2 aromatic rings. The number of hydrogen-bond acceptors (Lipinski definition) is 4. The van der Waals surface area contributed by atoms with Gasteiger partial charge in [0.05, 0.1) is 5.02 Å². The van der Waals surface area contributed by atoms with Gasteiger partial charge in [0.15, 0.2) is 0 Å². The summed E-state index contributed by atoms with van der Waals surface area (Å²) in [7, 11) is -4.04. The number of benzene rings is 2. The zero-order chi connectivity index (χ0) is 21.2.